The molecule has 0 bridgehead atoms. The van der Waals surface area contributed by atoms with E-state index in [4.69, 9.17) is 31.7 Å². The first kappa shape index (κ1) is 39.1. The average Bonchev–Trinajstić information content (AvgIpc) is 3.09. The van der Waals surface area contributed by atoms with E-state index in [9.17, 15) is 24.3 Å². The monoisotopic (exact) mass is 672 g/mol. The Balaban J connectivity index is 0.000000314. The first-order valence-electron chi connectivity index (χ1n) is 13.1. The summed E-state index contributed by atoms with van der Waals surface area (Å²) in [6, 6.07) is 20.3. The second-order valence-electron chi connectivity index (χ2n) is 8.62. The van der Waals surface area contributed by atoms with E-state index in [1.165, 1.54) is 108 Å². The van der Waals surface area contributed by atoms with E-state index in [2.05, 4.69) is 18.9 Å². The number of hydrogen-bond donors (Lipinski definition) is 4. The second-order valence-corrected chi connectivity index (χ2v) is 9.02. The van der Waals surface area contributed by atoms with Crippen molar-refractivity contribution in [2.24, 2.45) is 0 Å². The zero-order chi connectivity index (χ0) is 35.5. The van der Waals surface area contributed by atoms with Gasteiger partial charge in [-0.2, -0.15) is 0 Å². The Bertz CT molecular complexity index is 1640. The molecule has 4 rings (SSSR count). The van der Waals surface area contributed by atoms with Crippen LogP contribution in [0.15, 0.2) is 84.9 Å². The summed E-state index contributed by atoms with van der Waals surface area (Å²) in [4.78, 5) is 43.6. The number of rotatable bonds is 5. The highest BCUT2D eigenvalue weighted by atomic mass is 35.5. The Morgan fingerprint density at radius 2 is 0.915 bits per heavy atom. The molecule has 0 fully saturated rings. The van der Waals surface area contributed by atoms with E-state index in [0.717, 1.165) is 0 Å². The van der Waals surface area contributed by atoms with Gasteiger partial charge in [0.2, 0.25) is 0 Å². The smallest absolute Gasteiger partial charge is 0.337 e. The Kier molecular flexibility index (Phi) is 16.8. The van der Waals surface area contributed by atoms with E-state index in [0.29, 0.717) is 22.3 Å². The molecule has 0 heterocycles. The van der Waals surface area contributed by atoms with Crippen molar-refractivity contribution in [1.29, 1.82) is 0 Å². The molecule has 0 spiro atoms. The van der Waals surface area contributed by atoms with Gasteiger partial charge in [-0.25, -0.2) is 19.2 Å². The van der Waals surface area contributed by atoms with Gasteiger partial charge in [0, 0.05) is 0 Å². The van der Waals surface area contributed by atoms with E-state index < -0.39 is 23.9 Å². The number of methoxy groups -OCH3 is 5. The summed E-state index contributed by atoms with van der Waals surface area (Å²) in [6.07, 6.45) is 0. The van der Waals surface area contributed by atoms with Crippen LogP contribution in [0.2, 0.25) is 5.02 Å². The van der Waals surface area contributed by atoms with E-state index in [-0.39, 0.29) is 33.8 Å². The van der Waals surface area contributed by atoms with Crippen molar-refractivity contribution in [2.45, 2.75) is 0 Å². The Morgan fingerprint density at radius 1 is 0.489 bits per heavy atom. The van der Waals surface area contributed by atoms with Gasteiger partial charge in [-0.15, -0.1) is 0 Å². The van der Waals surface area contributed by atoms with Gasteiger partial charge in [0.15, 0.2) is 11.5 Å². The Morgan fingerprint density at radius 3 is 1.36 bits per heavy atom. The van der Waals surface area contributed by atoms with Crippen molar-refractivity contribution in [2.75, 3.05) is 35.5 Å². The van der Waals surface area contributed by atoms with E-state index >= 15 is 0 Å². The van der Waals surface area contributed by atoms with Crippen LogP contribution in [0, 0.1) is 0 Å². The molecule has 4 aromatic rings. The summed E-state index contributed by atoms with van der Waals surface area (Å²) in [6.45, 7) is 0. The molecule has 14 heteroatoms. The van der Waals surface area contributed by atoms with Crippen molar-refractivity contribution in [3.8, 4) is 28.7 Å². The largest absolute Gasteiger partial charge is 0.508 e. The summed E-state index contributed by atoms with van der Waals surface area (Å²) >= 11 is 5.56. The van der Waals surface area contributed by atoms with Crippen LogP contribution in [-0.2, 0) is 18.9 Å². The molecule has 250 valence electrons. The molecule has 0 amide bonds. The Hall–Kier alpha value is -5.95. The summed E-state index contributed by atoms with van der Waals surface area (Å²) in [5, 5.41) is 36.2. The molecule has 0 unspecified atom stereocenters. The summed E-state index contributed by atoms with van der Waals surface area (Å²) in [5.74, 6) is -1.38. The number of halogens is 1. The molecule has 0 saturated heterocycles. The van der Waals surface area contributed by atoms with Gasteiger partial charge in [-0.3, -0.25) is 0 Å². The van der Waals surface area contributed by atoms with E-state index in [1.54, 1.807) is 12.1 Å². The van der Waals surface area contributed by atoms with Crippen LogP contribution in [-0.4, -0.2) is 79.9 Å². The predicted octanol–water partition coefficient (Wildman–Crippen LogP) is 5.38. The quantitative estimate of drug-likeness (QED) is 0.156. The van der Waals surface area contributed by atoms with Gasteiger partial charge in [0.05, 0.1) is 62.8 Å². The minimum Gasteiger partial charge on any atom is -0.508 e. The van der Waals surface area contributed by atoms with Crippen molar-refractivity contribution in [3.05, 3.63) is 112 Å². The van der Waals surface area contributed by atoms with Crippen LogP contribution < -0.4 is 4.74 Å². The molecule has 0 radical (unpaired) electrons. The molecular formula is C33H33ClO13. The lowest BCUT2D eigenvalue weighted by Crippen LogP contribution is -2.01. The average molecular weight is 673 g/mol. The highest BCUT2D eigenvalue weighted by molar-refractivity contribution is 6.32. The van der Waals surface area contributed by atoms with Gasteiger partial charge in [0.25, 0.3) is 0 Å². The van der Waals surface area contributed by atoms with Crippen molar-refractivity contribution in [3.63, 3.8) is 0 Å². The highest BCUT2D eigenvalue weighted by Gasteiger charge is 2.09. The first-order valence-corrected chi connectivity index (χ1v) is 13.5. The third kappa shape index (κ3) is 13.3. The van der Waals surface area contributed by atoms with Gasteiger partial charge >= 0.3 is 23.9 Å². The summed E-state index contributed by atoms with van der Waals surface area (Å²) in [7, 11) is 6.60. The van der Waals surface area contributed by atoms with Crippen LogP contribution >= 0.6 is 11.6 Å². The maximum atomic E-state index is 11.0. The molecule has 47 heavy (non-hydrogen) atoms. The zero-order valence-corrected chi connectivity index (χ0v) is 26.7. The number of carbonyl (C=O) groups excluding carboxylic acids is 4. The van der Waals surface area contributed by atoms with E-state index in [1.807, 2.05) is 0 Å². The molecule has 0 aromatic heterocycles. The Labute approximate surface area is 275 Å². The fourth-order valence-corrected chi connectivity index (χ4v) is 3.32. The minimum absolute atomic E-state index is 0.00449. The molecule has 0 aliphatic carbocycles. The molecular weight excluding hydrogens is 640 g/mol. The molecule has 13 nitrogen and oxygen atoms in total. The number of benzene rings is 4. The SMILES string of the molecule is COC(=O)c1ccc(O)c(Cl)c1.COC(=O)c1ccc(O)c(OC)c1.COC(=O)c1ccc(O)cc1.COC(=O)c1cccc(O)c1. The standard InChI is InChI=1S/C9H10O4.C8H7ClO3.2C8H8O3/c1-12-8-5-6(9(11)13-2)3-4-7(8)10;1-12-8(11)5-2-3-7(10)6(9)4-5;1-11-8(10)6-2-4-7(9)5-3-6;1-11-8(10)6-3-2-4-7(9)5-6/h3-5,10H,1-2H3;2-4,10H,1H3;2*2-5,9H,1H3. The first-order chi connectivity index (χ1) is 22.3. The van der Waals surface area contributed by atoms with Crippen LogP contribution in [0.25, 0.3) is 0 Å². The van der Waals surface area contributed by atoms with Gasteiger partial charge in [-0.1, -0.05) is 17.7 Å². The summed E-state index contributed by atoms with van der Waals surface area (Å²) in [5.41, 5.74) is 1.45. The third-order valence-corrected chi connectivity index (χ3v) is 5.83. The van der Waals surface area contributed by atoms with Crippen LogP contribution in [0.5, 0.6) is 28.7 Å². The van der Waals surface area contributed by atoms with Crippen molar-refractivity contribution >= 4 is 35.5 Å². The molecule has 0 aliphatic heterocycles. The summed E-state index contributed by atoms with van der Waals surface area (Å²) < 4.78 is 22.7. The maximum absolute atomic E-state index is 11.0. The number of aromatic hydroxyl groups is 4. The van der Waals surface area contributed by atoms with Gasteiger partial charge in [-0.05, 0) is 78.9 Å². The number of ether oxygens (including phenoxy) is 5. The molecule has 0 atom stereocenters. The lowest BCUT2D eigenvalue weighted by atomic mass is 10.2. The molecule has 4 aromatic carbocycles. The number of carbonyl (C=O) groups is 4. The molecule has 0 saturated carbocycles. The number of phenolic OH excluding ortho intramolecular Hbond substituents is 4. The topological polar surface area (TPSA) is 195 Å². The minimum atomic E-state index is -0.475. The maximum Gasteiger partial charge on any atom is 0.337 e. The van der Waals surface area contributed by atoms with Gasteiger partial charge < -0.3 is 44.1 Å². The highest BCUT2D eigenvalue weighted by Crippen LogP contribution is 2.26. The van der Waals surface area contributed by atoms with Crippen LogP contribution in [0.3, 0.4) is 0 Å². The fraction of sp³-hybridized carbons (Fsp3) is 0.152. The van der Waals surface area contributed by atoms with Crippen LogP contribution in [0.4, 0.5) is 0 Å². The number of phenols is 4. The normalized spacial score (nSPS) is 9.32. The predicted molar refractivity (Wildman–Crippen MR) is 169 cm³/mol. The van der Waals surface area contributed by atoms with Crippen molar-refractivity contribution in [1.82, 2.24) is 0 Å². The third-order valence-electron chi connectivity index (χ3n) is 5.53. The van der Waals surface area contributed by atoms with Crippen LogP contribution in [0.1, 0.15) is 41.4 Å². The molecule has 0 aliphatic rings. The molecule has 4 N–H and O–H groups in total. The number of hydrogen-bond acceptors (Lipinski definition) is 13. The lowest BCUT2D eigenvalue weighted by molar-refractivity contribution is 0.0591. The zero-order valence-electron chi connectivity index (χ0n) is 25.9. The second kappa shape index (κ2) is 20.2. The van der Waals surface area contributed by atoms with Gasteiger partial charge in [0.1, 0.15) is 17.2 Å². The fourth-order valence-electron chi connectivity index (χ4n) is 3.14. The lowest BCUT2D eigenvalue weighted by Gasteiger charge is -2.04. The number of esters is 4. The van der Waals surface area contributed by atoms with Crippen molar-refractivity contribution < 1.29 is 63.3 Å².